The number of hydrogen-bond donors (Lipinski definition) is 0. The number of rotatable bonds is 0. The lowest BCUT2D eigenvalue weighted by atomic mass is 11.0. The standard InChI is InChI=1S/C3H6.C2H6O.2CHClF2.CO2/c1-2-3-1;1-3-2;2*2-1(3)4;2-1-3/h1-3H2;1-2H3;2*1H;. The fraction of sp³-hybridized carbons (Fsp3) is 0.875. The maximum atomic E-state index is 10.1. The minimum Gasteiger partial charge on any atom is -0.388 e. The van der Waals surface area contributed by atoms with Gasteiger partial charge in [0.05, 0.1) is 0 Å². The molecule has 0 aromatic rings. The van der Waals surface area contributed by atoms with E-state index in [2.05, 4.69) is 27.9 Å². The summed E-state index contributed by atoms with van der Waals surface area (Å²) in [5, 5.41) is 0. The van der Waals surface area contributed by atoms with Gasteiger partial charge in [-0.25, -0.2) is 0 Å². The highest BCUT2D eigenvalue weighted by atomic mass is 35.5. The van der Waals surface area contributed by atoms with Crippen molar-refractivity contribution in [3.63, 3.8) is 0 Å². The monoisotopic (exact) mass is 304 g/mol. The zero-order valence-corrected chi connectivity index (χ0v) is 10.8. The number of hydrogen-bond acceptors (Lipinski definition) is 3. The third-order valence-electron chi connectivity index (χ3n) is 0.354. The van der Waals surface area contributed by atoms with E-state index in [1.807, 2.05) is 0 Å². The molecular formula is C8H14Cl2F4O3. The Hall–Kier alpha value is -0.360. The molecule has 0 aromatic carbocycles. The van der Waals surface area contributed by atoms with Crippen LogP contribution in [0, 0.1) is 0 Å². The second-order valence-electron chi connectivity index (χ2n) is 2.05. The molecule has 0 atom stereocenters. The third-order valence-corrected chi connectivity index (χ3v) is 0.354. The van der Waals surface area contributed by atoms with Gasteiger partial charge >= 0.3 is 17.9 Å². The van der Waals surface area contributed by atoms with Crippen molar-refractivity contribution in [1.82, 2.24) is 0 Å². The molecule has 0 heterocycles. The Labute approximate surface area is 107 Å². The molecule has 9 heteroatoms. The largest absolute Gasteiger partial charge is 0.388 e. The topological polar surface area (TPSA) is 43.4 Å². The average molecular weight is 305 g/mol. The van der Waals surface area contributed by atoms with Crippen LogP contribution in [0.2, 0.25) is 0 Å². The molecule has 0 saturated heterocycles. The zero-order chi connectivity index (χ0) is 14.7. The molecule has 1 rings (SSSR count). The molecule has 106 valence electrons. The highest BCUT2D eigenvalue weighted by molar-refractivity contribution is 6.18. The van der Waals surface area contributed by atoms with Crippen molar-refractivity contribution in [3.8, 4) is 0 Å². The molecule has 3 nitrogen and oxygen atoms in total. The fourth-order valence-electron chi connectivity index (χ4n) is 0. The van der Waals surface area contributed by atoms with Gasteiger partial charge < -0.3 is 4.74 Å². The SMILES string of the molecule is C1CC1.COC.FC(F)Cl.FC(F)Cl.O=C=O. The van der Waals surface area contributed by atoms with E-state index in [-0.39, 0.29) is 6.15 Å². The molecule has 1 saturated carbocycles. The molecule has 0 bridgehead atoms. The predicted molar refractivity (Wildman–Crippen MR) is 55.5 cm³/mol. The first-order valence-electron chi connectivity index (χ1n) is 4.03. The summed E-state index contributed by atoms with van der Waals surface area (Å²) in [6.07, 6.45) is 4.75. The van der Waals surface area contributed by atoms with Gasteiger partial charge in [0.25, 0.3) is 0 Å². The molecule has 1 aliphatic rings. The van der Waals surface area contributed by atoms with Crippen molar-refractivity contribution in [2.45, 2.75) is 31.0 Å². The first-order valence-corrected chi connectivity index (χ1v) is 4.91. The van der Waals surface area contributed by atoms with E-state index in [9.17, 15) is 17.6 Å². The summed E-state index contributed by atoms with van der Waals surface area (Å²) < 4.78 is 44.6. The second-order valence-corrected chi connectivity index (χ2v) is 2.71. The maximum absolute atomic E-state index is 10.1. The molecule has 0 amide bonds. The third kappa shape index (κ3) is 7100. The van der Waals surface area contributed by atoms with Crippen molar-refractivity contribution in [3.05, 3.63) is 0 Å². The smallest absolute Gasteiger partial charge is 0.373 e. The highest BCUT2D eigenvalue weighted by Gasteiger charge is 1.95. The maximum Gasteiger partial charge on any atom is 0.373 e. The second kappa shape index (κ2) is 29.6. The van der Waals surface area contributed by atoms with Gasteiger partial charge in [-0.1, -0.05) is 42.5 Å². The van der Waals surface area contributed by atoms with Gasteiger partial charge in [0, 0.05) is 14.2 Å². The van der Waals surface area contributed by atoms with Crippen LogP contribution in [0.4, 0.5) is 17.6 Å². The van der Waals surface area contributed by atoms with Gasteiger partial charge in [0.2, 0.25) is 0 Å². The number of alkyl halides is 6. The Balaban J connectivity index is -0.0000000625. The van der Waals surface area contributed by atoms with Gasteiger partial charge in [0.15, 0.2) is 0 Å². The Morgan fingerprint density at radius 3 is 1.00 bits per heavy atom. The van der Waals surface area contributed by atoms with E-state index in [0.29, 0.717) is 0 Å². The Bertz CT molecular complexity index is 128. The Morgan fingerprint density at radius 1 is 0.941 bits per heavy atom. The summed E-state index contributed by atoms with van der Waals surface area (Å²) in [6, 6.07) is 0. The molecule has 0 aliphatic heterocycles. The Morgan fingerprint density at radius 2 is 1.00 bits per heavy atom. The lowest BCUT2D eigenvalue weighted by molar-refractivity contribution is -0.191. The lowest BCUT2D eigenvalue weighted by Gasteiger charge is -1.66. The van der Waals surface area contributed by atoms with E-state index in [1.54, 1.807) is 14.2 Å². The van der Waals surface area contributed by atoms with Crippen LogP contribution in [-0.4, -0.2) is 32.1 Å². The summed E-state index contributed by atoms with van der Waals surface area (Å²) in [7, 11) is 3.25. The van der Waals surface area contributed by atoms with Crippen LogP contribution < -0.4 is 0 Å². The van der Waals surface area contributed by atoms with E-state index < -0.39 is 11.8 Å². The van der Waals surface area contributed by atoms with Gasteiger partial charge in [-0.15, -0.1) is 0 Å². The molecular weight excluding hydrogens is 291 g/mol. The molecule has 1 aliphatic carbocycles. The van der Waals surface area contributed by atoms with Crippen LogP contribution in [0.5, 0.6) is 0 Å². The van der Waals surface area contributed by atoms with Crippen molar-refractivity contribution in [2.75, 3.05) is 14.2 Å². The molecule has 0 N–H and O–H groups in total. The van der Waals surface area contributed by atoms with Crippen LogP contribution in [-0.2, 0) is 14.3 Å². The number of halogens is 6. The van der Waals surface area contributed by atoms with Crippen LogP contribution in [0.25, 0.3) is 0 Å². The van der Waals surface area contributed by atoms with Crippen LogP contribution >= 0.6 is 23.2 Å². The quantitative estimate of drug-likeness (QED) is 0.506. The van der Waals surface area contributed by atoms with Gasteiger partial charge in [-0.05, 0) is 0 Å². The average Bonchev–Trinajstić information content (AvgIpc) is 2.87. The van der Waals surface area contributed by atoms with Gasteiger partial charge in [-0.2, -0.15) is 27.2 Å². The van der Waals surface area contributed by atoms with E-state index in [0.717, 1.165) is 0 Å². The minimum atomic E-state index is -2.69. The summed E-state index contributed by atoms with van der Waals surface area (Å²) >= 11 is 7.88. The molecule has 0 spiro atoms. The van der Waals surface area contributed by atoms with Gasteiger partial charge in [-0.3, -0.25) is 0 Å². The van der Waals surface area contributed by atoms with Crippen LogP contribution in [0.3, 0.4) is 0 Å². The van der Waals surface area contributed by atoms with Crippen molar-refractivity contribution in [2.24, 2.45) is 0 Å². The molecule has 17 heavy (non-hydrogen) atoms. The van der Waals surface area contributed by atoms with Crippen molar-refractivity contribution >= 4 is 29.4 Å². The van der Waals surface area contributed by atoms with Crippen molar-refractivity contribution < 1.29 is 31.9 Å². The molecule has 0 radical (unpaired) electrons. The fourth-order valence-corrected chi connectivity index (χ4v) is 0. The van der Waals surface area contributed by atoms with Gasteiger partial charge in [0.1, 0.15) is 0 Å². The number of carbonyl (C=O) groups excluding carboxylic acids is 2. The predicted octanol–water partition coefficient (Wildman–Crippen LogP) is 3.75. The molecule has 0 unspecified atom stereocenters. The zero-order valence-electron chi connectivity index (χ0n) is 9.27. The normalized spacial score (nSPS) is 10.0. The summed E-state index contributed by atoms with van der Waals surface area (Å²) in [4.78, 5) is 16.2. The molecule has 0 aromatic heterocycles. The highest BCUT2D eigenvalue weighted by Crippen LogP contribution is 2.14. The van der Waals surface area contributed by atoms with E-state index >= 15 is 0 Å². The summed E-state index contributed by atoms with van der Waals surface area (Å²) in [5.74, 6) is -5.39. The van der Waals surface area contributed by atoms with Crippen LogP contribution in [0.15, 0.2) is 0 Å². The minimum absolute atomic E-state index is 0.250. The lowest BCUT2D eigenvalue weighted by Crippen LogP contribution is -1.62. The van der Waals surface area contributed by atoms with E-state index in [1.165, 1.54) is 19.3 Å². The number of ether oxygens (including phenoxy) is 1. The van der Waals surface area contributed by atoms with E-state index in [4.69, 9.17) is 9.59 Å². The summed E-state index contributed by atoms with van der Waals surface area (Å²) in [6.45, 7) is 0. The number of methoxy groups -OCH3 is 1. The Kier molecular flexibility index (Phi) is 44.4. The molecule has 1 fully saturated rings. The first kappa shape index (κ1) is 25.5. The van der Waals surface area contributed by atoms with Crippen LogP contribution in [0.1, 0.15) is 19.3 Å². The van der Waals surface area contributed by atoms with Crippen molar-refractivity contribution in [1.29, 1.82) is 0 Å². The first-order chi connectivity index (χ1) is 7.79. The summed E-state index contributed by atoms with van der Waals surface area (Å²) in [5.41, 5.74) is 0.